The molecule has 2 heterocycles. The minimum absolute atomic E-state index is 0.0485. The first kappa shape index (κ1) is 15.5. The van der Waals surface area contributed by atoms with Crippen molar-refractivity contribution in [1.29, 1.82) is 0 Å². The molecule has 0 radical (unpaired) electrons. The number of nitrogens with zero attached hydrogens (tertiary/aromatic N) is 1. The Morgan fingerprint density at radius 1 is 1.24 bits per heavy atom. The lowest BCUT2D eigenvalue weighted by molar-refractivity contribution is 0.177. The van der Waals surface area contributed by atoms with Crippen LogP contribution in [-0.2, 0) is 0 Å². The standard InChI is InChI=1S/C16H21Cl2FN2/c1-10(15-11(17)5-6-12(19)16(15)18)20-13-7-9-21-8-3-2-4-14(13)21/h5-6,10,13-14,20H,2-4,7-9H2,1H3. The van der Waals surface area contributed by atoms with Crippen molar-refractivity contribution in [3.63, 3.8) is 0 Å². The molecule has 0 bridgehead atoms. The number of nitrogens with one attached hydrogen (secondary N) is 1. The predicted octanol–water partition coefficient (Wildman–Crippen LogP) is 4.41. The summed E-state index contributed by atoms with van der Waals surface area (Å²) in [5.74, 6) is -0.407. The van der Waals surface area contributed by atoms with Gasteiger partial charge in [0.05, 0.1) is 5.02 Å². The van der Waals surface area contributed by atoms with Gasteiger partial charge in [-0.3, -0.25) is 4.90 Å². The fourth-order valence-electron chi connectivity index (χ4n) is 3.79. The Morgan fingerprint density at radius 2 is 2.05 bits per heavy atom. The van der Waals surface area contributed by atoms with Gasteiger partial charge in [0.1, 0.15) is 5.82 Å². The lowest BCUT2D eigenvalue weighted by Gasteiger charge is -2.34. The fraction of sp³-hybridized carbons (Fsp3) is 0.625. The molecule has 21 heavy (non-hydrogen) atoms. The Balaban J connectivity index is 1.75. The van der Waals surface area contributed by atoms with Crippen LogP contribution in [0.3, 0.4) is 0 Å². The van der Waals surface area contributed by atoms with Crippen LogP contribution in [0.5, 0.6) is 0 Å². The van der Waals surface area contributed by atoms with Gasteiger partial charge in [-0.2, -0.15) is 0 Å². The third-order valence-corrected chi connectivity index (χ3v) is 5.55. The summed E-state index contributed by atoms with van der Waals surface area (Å²) in [5.41, 5.74) is 0.674. The molecule has 0 amide bonds. The van der Waals surface area contributed by atoms with Crippen LogP contribution < -0.4 is 5.32 Å². The third-order valence-electron chi connectivity index (χ3n) is 4.83. The Kier molecular flexibility index (Phi) is 4.75. The Hall–Kier alpha value is -0.350. The zero-order valence-electron chi connectivity index (χ0n) is 12.2. The highest BCUT2D eigenvalue weighted by Crippen LogP contribution is 2.34. The number of piperidine rings is 1. The number of benzene rings is 1. The highest BCUT2D eigenvalue weighted by molar-refractivity contribution is 6.36. The molecule has 1 aromatic carbocycles. The van der Waals surface area contributed by atoms with Gasteiger partial charge in [0.25, 0.3) is 0 Å². The van der Waals surface area contributed by atoms with Crippen molar-refractivity contribution < 1.29 is 4.39 Å². The van der Waals surface area contributed by atoms with E-state index in [4.69, 9.17) is 23.2 Å². The second-order valence-corrected chi connectivity index (χ2v) is 6.92. The molecule has 2 saturated heterocycles. The highest BCUT2D eigenvalue weighted by atomic mass is 35.5. The third kappa shape index (κ3) is 3.07. The molecule has 0 aromatic heterocycles. The molecule has 1 aromatic rings. The molecule has 3 rings (SSSR count). The molecule has 0 saturated carbocycles. The first-order chi connectivity index (χ1) is 10.1. The SMILES string of the molecule is CC(NC1CCN2CCCCC12)c1c(Cl)ccc(F)c1Cl. The topological polar surface area (TPSA) is 15.3 Å². The number of hydrogen-bond acceptors (Lipinski definition) is 2. The molecule has 0 aliphatic carbocycles. The average Bonchev–Trinajstić information content (AvgIpc) is 2.87. The van der Waals surface area contributed by atoms with E-state index in [-0.39, 0.29) is 11.1 Å². The smallest absolute Gasteiger partial charge is 0.142 e. The van der Waals surface area contributed by atoms with Gasteiger partial charge in [-0.05, 0) is 44.9 Å². The van der Waals surface area contributed by atoms with Crippen molar-refractivity contribution in [3.05, 3.63) is 33.6 Å². The fourth-order valence-corrected chi connectivity index (χ4v) is 4.48. The van der Waals surface area contributed by atoms with Gasteiger partial charge in [0.2, 0.25) is 0 Å². The van der Waals surface area contributed by atoms with Gasteiger partial charge in [-0.1, -0.05) is 29.6 Å². The van der Waals surface area contributed by atoms with Crippen LogP contribution in [0.25, 0.3) is 0 Å². The van der Waals surface area contributed by atoms with Gasteiger partial charge in [0.15, 0.2) is 0 Å². The van der Waals surface area contributed by atoms with Crippen LogP contribution in [0.4, 0.5) is 4.39 Å². The maximum absolute atomic E-state index is 13.7. The van der Waals surface area contributed by atoms with Crippen LogP contribution in [0.1, 0.15) is 44.2 Å². The summed E-state index contributed by atoms with van der Waals surface area (Å²) >= 11 is 12.3. The van der Waals surface area contributed by atoms with Crippen LogP contribution in [0.15, 0.2) is 12.1 Å². The molecular weight excluding hydrogens is 310 g/mol. The summed E-state index contributed by atoms with van der Waals surface area (Å²) in [6.45, 7) is 4.37. The molecule has 0 spiro atoms. The van der Waals surface area contributed by atoms with Crippen molar-refractivity contribution in [3.8, 4) is 0 Å². The van der Waals surface area contributed by atoms with Crippen molar-refractivity contribution in [2.45, 2.75) is 50.7 Å². The second-order valence-electron chi connectivity index (χ2n) is 6.14. The van der Waals surface area contributed by atoms with Crippen LogP contribution >= 0.6 is 23.2 Å². The van der Waals surface area contributed by atoms with Crippen LogP contribution in [0, 0.1) is 5.82 Å². The van der Waals surface area contributed by atoms with Crippen molar-refractivity contribution >= 4 is 23.2 Å². The molecule has 3 atom stereocenters. The van der Waals surface area contributed by atoms with Crippen LogP contribution in [-0.4, -0.2) is 30.1 Å². The molecule has 116 valence electrons. The van der Waals surface area contributed by atoms with E-state index in [0.29, 0.717) is 22.7 Å². The summed E-state index contributed by atoms with van der Waals surface area (Å²) in [6.07, 6.45) is 4.99. The first-order valence-corrected chi connectivity index (χ1v) is 8.47. The number of fused-ring (bicyclic) bond motifs is 1. The van der Waals surface area contributed by atoms with Gasteiger partial charge >= 0.3 is 0 Å². The quantitative estimate of drug-likeness (QED) is 0.826. The molecule has 2 nitrogen and oxygen atoms in total. The van der Waals surface area contributed by atoms with E-state index in [1.54, 1.807) is 6.07 Å². The van der Waals surface area contributed by atoms with Crippen molar-refractivity contribution in [2.24, 2.45) is 0 Å². The lowest BCUT2D eigenvalue weighted by Crippen LogP contribution is -2.45. The van der Waals surface area contributed by atoms with E-state index in [1.807, 2.05) is 6.92 Å². The Labute approximate surface area is 135 Å². The second kappa shape index (κ2) is 6.41. The van der Waals surface area contributed by atoms with E-state index < -0.39 is 5.82 Å². The predicted molar refractivity (Wildman–Crippen MR) is 85.6 cm³/mol. The maximum atomic E-state index is 13.7. The number of hydrogen-bond donors (Lipinski definition) is 1. The normalized spacial score (nSPS) is 27.6. The van der Waals surface area contributed by atoms with Crippen LogP contribution in [0.2, 0.25) is 10.0 Å². The highest BCUT2D eigenvalue weighted by Gasteiger charge is 2.36. The molecule has 2 aliphatic rings. The van der Waals surface area contributed by atoms with Gasteiger partial charge < -0.3 is 5.32 Å². The number of halogens is 3. The van der Waals surface area contributed by atoms with E-state index in [0.717, 1.165) is 13.0 Å². The van der Waals surface area contributed by atoms with E-state index in [2.05, 4.69) is 10.2 Å². The Bertz CT molecular complexity index is 523. The molecule has 1 N–H and O–H groups in total. The zero-order valence-corrected chi connectivity index (χ0v) is 13.7. The maximum Gasteiger partial charge on any atom is 0.142 e. The van der Waals surface area contributed by atoms with Crippen molar-refractivity contribution in [1.82, 2.24) is 10.2 Å². The lowest BCUT2D eigenvalue weighted by atomic mass is 9.97. The molecule has 3 unspecified atom stereocenters. The number of rotatable bonds is 3. The summed E-state index contributed by atoms with van der Waals surface area (Å²) < 4.78 is 13.7. The van der Waals surface area contributed by atoms with Gasteiger partial charge in [0, 0.05) is 35.3 Å². The van der Waals surface area contributed by atoms with Crippen molar-refractivity contribution in [2.75, 3.05) is 13.1 Å². The molecule has 5 heteroatoms. The summed E-state index contributed by atoms with van der Waals surface area (Å²) in [5, 5.41) is 4.29. The average molecular weight is 331 g/mol. The molecule has 2 aliphatic heterocycles. The van der Waals surface area contributed by atoms with Gasteiger partial charge in [-0.15, -0.1) is 0 Å². The monoisotopic (exact) mass is 330 g/mol. The van der Waals surface area contributed by atoms with E-state index in [1.165, 1.54) is 31.9 Å². The minimum atomic E-state index is -0.407. The zero-order chi connectivity index (χ0) is 15.0. The molecular formula is C16H21Cl2FN2. The summed E-state index contributed by atoms with van der Waals surface area (Å²) in [4.78, 5) is 2.57. The first-order valence-electron chi connectivity index (χ1n) is 7.71. The van der Waals surface area contributed by atoms with E-state index >= 15 is 0 Å². The van der Waals surface area contributed by atoms with E-state index in [9.17, 15) is 4.39 Å². The Morgan fingerprint density at radius 3 is 2.86 bits per heavy atom. The summed E-state index contributed by atoms with van der Waals surface area (Å²) in [7, 11) is 0. The molecule has 2 fully saturated rings. The summed E-state index contributed by atoms with van der Waals surface area (Å²) in [6, 6.07) is 3.90. The van der Waals surface area contributed by atoms with Gasteiger partial charge in [-0.25, -0.2) is 4.39 Å². The largest absolute Gasteiger partial charge is 0.306 e. The minimum Gasteiger partial charge on any atom is -0.306 e.